The van der Waals surface area contributed by atoms with Gasteiger partial charge in [-0.1, -0.05) is 0 Å². The number of hydrogen-bond acceptors (Lipinski definition) is 51. The minimum atomic E-state index is -2.85. The van der Waals surface area contributed by atoms with Crippen LogP contribution < -0.4 is 37.2 Å². The van der Waals surface area contributed by atoms with Gasteiger partial charge in [0.2, 0.25) is 41.4 Å². The van der Waals surface area contributed by atoms with Gasteiger partial charge in [0.25, 0.3) is 0 Å². The van der Waals surface area contributed by atoms with Crippen LogP contribution in [0.3, 0.4) is 0 Å². The van der Waals surface area contributed by atoms with Gasteiger partial charge < -0.3 is 255 Å². The highest BCUT2D eigenvalue weighted by atomic mass is 16.8. The Morgan fingerprint density at radius 2 is 0.424 bits per heavy atom. The van der Waals surface area contributed by atoms with Crippen molar-refractivity contribution in [1.29, 1.82) is 0 Å². The molecule has 50 atom stereocenters. The van der Waals surface area contributed by atoms with Gasteiger partial charge in [0.1, 0.15) is 244 Å². The number of ether oxygens (including phenoxy) is 19. The van der Waals surface area contributed by atoms with E-state index in [9.17, 15) is 161 Å². The van der Waals surface area contributed by atoms with E-state index in [4.69, 9.17) is 90.0 Å². The summed E-state index contributed by atoms with van der Waals surface area (Å²) in [5.41, 5.74) is 0. The number of rotatable bonds is 35. The van der Waals surface area contributed by atoms with E-state index in [0.29, 0.717) is 0 Å². The summed E-state index contributed by atoms with van der Waals surface area (Å²) in [5, 5.41) is 303. The first kappa shape index (κ1) is 109. The van der Waals surface area contributed by atoms with Gasteiger partial charge in [0, 0.05) is 48.5 Å². The number of aliphatic hydroxyl groups excluding tert-OH is 25. The number of nitrogens with one attached hydrogen (secondary N) is 7. The maximum Gasteiger partial charge on any atom is 0.217 e. The topological polar surface area (TPSA) is 885 Å². The largest absolute Gasteiger partial charge is 0.394 e. The third-order valence-electron chi connectivity index (χ3n) is 23.7. The monoisotopic (exact) mass is 1930 g/mol. The number of aliphatic hydroxyl groups is 25. The molecular weight excluding hydrogens is 1800 g/mol. The van der Waals surface area contributed by atoms with Crippen LogP contribution in [0.2, 0.25) is 0 Å². The van der Waals surface area contributed by atoms with Crippen molar-refractivity contribution in [2.75, 3.05) is 66.1 Å². The van der Waals surface area contributed by atoms with Crippen LogP contribution in [0, 0.1) is 0 Å². The lowest BCUT2D eigenvalue weighted by Gasteiger charge is -2.53. The lowest BCUT2D eigenvalue weighted by molar-refractivity contribution is -0.412. The zero-order valence-electron chi connectivity index (χ0n) is 71.7. The third-order valence-corrected chi connectivity index (χ3v) is 23.7. The van der Waals surface area contributed by atoms with Gasteiger partial charge in [-0.25, -0.2) is 0 Å². The maximum absolute atomic E-state index is 13.6. The highest BCUT2D eigenvalue weighted by Gasteiger charge is 2.63. The van der Waals surface area contributed by atoms with E-state index in [0.717, 1.165) is 48.5 Å². The number of hydrogen-bond donors (Lipinski definition) is 32. The van der Waals surface area contributed by atoms with E-state index in [2.05, 4.69) is 37.2 Å². The average molecular weight is 1930 g/mol. The Kier molecular flexibility index (Phi) is 39.4. The van der Waals surface area contributed by atoms with E-state index in [1.165, 1.54) is 0 Å². The van der Waals surface area contributed by atoms with Crippen molar-refractivity contribution in [3.8, 4) is 0 Å². The van der Waals surface area contributed by atoms with Crippen LogP contribution in [0.15, 0.2) is 0 Å². The molecule has 0 radical (unpaired) electrons. The molecule has 10 heterocycles. The van der Waals surface area contributed by atoms with Crippen LogP contribution in [-0.4, -0.2) is 542 Å². The summed E-state index contributed by atoms with van der Waals surface area (Å²) in [4.78, 5) is 90.5. The van der Waals surface area contributed by atoms with Crippen LogP contribution in [-0.2, 0) is 124 Å². The molecule has 10 fully saturated rings. The van der Waals surface area contributed by atoms with Crippen molar-refractivity contribution in [3.63, 3.8) is 0 Å². The summed E-state index contributed by atoms with van der Waals surface area (Å²) in [6, 6.07) is -13.4. The third kappa shape index (κ3) is 24.9. The molecule has 10 aliphatic rings. The van der Waals surface area contributed by atoms with Gasteiger partial charge in [0.15, 0.2) is 62.9 Å². The highest BCUT2D eigenvalue weighted by molar-refractivity contribution is 5.75. The van der Waals surface area contributed by atoms with E-state index in [-0.39, 0.29) is 0 Å². The maximum atomic E-state index is 13.6. The summed E-state index contributed by atoms with van der Waals surface area (Å²) in [5.74, 6) is -6.63. The molecule has 0 aromatic heterocycles. The summed E-state index contributed by atoms with van der Waals surface area (Å²) >= 11 is 0. The lowest BCUT2D eigenvalue weighted by Crippen LogP contribution is -2.72. The second kappa shape index (κ2) is 47.9. The summed E-state index contributed by atoms with van der Waals surface area (Å²) in [7, 11) is 0. The van der Waals surface area contributed by atoms with E-state index in [1.807, 2.05) is 0 Å². The molecule has 10 saturated heterocycles. The second-order valence-electron chi connectivity index (χ2n) is 33.2. The predicted molar refractivity (Wildman–Crippen MR) is 411 cm³/mol. The smallest absolute Gasteiger partial charge is 0.217 e. The minimum absolute atomic E-state index is 0.838. The fourth-order valence-electron chi connectivity index (χ4n) is 17.0. The first-order valence-electron chi connectivity index (χ1n) is 42.1. The zero-order chi connectivity index (χ0) is 97.4. The van der Waals surface area contributed by atoms with Gasteiger partial charge in [-0.15, -0.1) is 0 Å². The van der Waals surface area contributed by atoms with Crippen molar-refractivity contribution >= 4 is 41.4 Å². The van der Waals surface area contributed by atoms with Gasteiger partial charge in [0.05, 0.1) is 66.1 Å². The molecule has 0 saturated carbocycles. The van der Waals surface area contributed by atoms with Gasteiger partial charge >= 0.3 is 0 Å². The molecule has 760 valence electrons. The number of amides is 7. The zero-order valence-corrected chi connectivity index (χ0v) is 71.7. The fourth-order valence-corrected chi connectivity index (χ4v) is 17.0. The van der Waals surface area contributed by atoms with Crippen molar-refractivity contribution in [3.05, 3.63) is 0 Å². The van der Waals surface area contributed by atoms with Crippen molar-refractivity contribution < 1.29 is 251 Å². The molecule has 58 nitrogen and oxygen atoms in total. The lowest BCUT2D eigenvalue weighted by atomic mass is 9.93. The van der Waals surface area contributed by atoms with Gasteiger partial charge in [-0.3, -0.25) is 33.6 Å². The first-order chi connectivity index (χ1) is 62.4. The molecule has 132 heavy (non-hydrogen) atoms. The Morgan fingerprint density at radius 3 is 0.780 bits per heavy atom. The van der Waals surface area contributed by atoms with Gasteiger partial charge in [-0.2, -0.15) is 0 Å². The molecule has 0 aliphatic carbocycles. The van der Waals surface area contributed by atoms with Crippen molar-refractivity contribution in [2.24, 2.45) is 0 Å². The van der Waals surface area contributed by atoms with Crippen LogP contribution >= 0.6 is 0 Å². The molecule has 1 unspecified atom stereocenters. The first-order valence-corrected chi connectivity index (χ1v) is 42.1. The molecule has 10 aliphatic heterocycles. The molecule has 58 heteroatoms. The Labute approximate surface area is 748 Å². The van der Waals surface area contributed by atoms with Crippen LogP contribution in [0.5, 0.6) is 0 Å². The fraction of sp³-hybridized carbons (Fsp3) is 0.905. The normalized spacial score (nSPS) is 46.7. The predicted octanol–water partition coefficient (Wildman–Crippen LogP) is -21.8. The van der Waals surface area contributed by atoms with Crippen LogP contribution in [0.25, 0.3) is 0 Å². The molecule has 0 bridgehead atoms. The molecule has 0 spiro atoms. The summed E-state index contributed by atoms with van der Waals surface area (Å²) < 4.78 is 118. The molecular formula is C74H123N7O51. The second-order valence-corrected chi connectivity index (χ2v) is 33.2. The number of carbonyl (C=O) groups is 7. The van der Waals surface area contributed by atoms with Crippen LogP contribution in [0.4, 0.5) is 0 Å². The molecule has 0 aromatic rings. The summed E-state index contributed by atoms with van der Waals surface area (Å²) in [6.45, 7) is -5.33. The SMILES string of the molecule is CC(=O)N[C@H]1[C@H](O[C@H]2[C@H](O)[C@@H](NC(C)=O)C(O)O[C@@H]2CO)O[C@H](CO)[C@@H](O[C@@H]2O[C@H](CO[C@H]3O[C@H](CO[C@@H]4O[C@H](CO)[C@@H](O)[C@H](O)[C@H]4NC(C)=O)[C@@H](O)[C@H](O)[C@@H]3O[C@@H]3O[C@H](CO)[C@@H](O)[C@H](O)[C@H]3NC(C)=O)[C@@H](O[C@@H]3O[C@H](CO)[C@@H](O)[C@H](O)[C@H]3NC(C)=O)[C@H](O[C@H]3O[C@H](CO)[C@@H](O[C@@H]4O[C@H](CO)[C@@H](O)[C@H](O)[C@H]4NC(C)=O)[C@H](O)[C@@H]3O[C@H]3O[C@H](CO)[C@@H](O)[C@H](O)[C@H]3NC(C)=O)[C@@H]2O)[C@@H]1O. The van der Waals surface area contributed by atoms with E-state index in [1.54, 1.807) is 0 Å². The Hall–Kier alpha value is -5.47. The van der Waals surface area contributed by atoms with Crippen LogP contribution in [0.1, 0.15) is 48.5 Å². The van der Waals surface area contributed by atoms with Crippen molar-refractivity contribution in [2.45, 2.75) is 355 Å². The highest BCUT2D eigenvalue weighted by Crippen LogP contribution is 2.42. The van der Waals surface area contributed by atoms with Gasteiger partial charge in [-0.05, 0) is 0 Å². The number of carbonyl (C=O) groups excluding carboxylic acids is 7. The average Bonchev–Trinajstić information content (AvgIpc) is 0.752. The Balaban J connectivity index is 1.16. The van der Waals surface area contributed by atoms with E-state index >= 15 is 0 Å². The standard InChI is InChI=1S/C74H123N7O51/c1-18(90)75-35-53(108)58(30(13-87)116-65(35)113)126-71-41(81-24(7)96)54(109)59(31(14-88)122-71)128-72-57(112)62(130-74-64(132-70-40(80-23(6)95)52(107)46(101)29(12-86)121-70)56(111)60(32(15-89)123-74)127-67-37(77-20(3)92)49(104)43(98)26(9-83)118-67)61(129-68-38(78-21(4)93)50(105)44(99)27(10-84)119-68)34(125-72)17-115-73-63(131-69-39(79-22(5)94)51(106)45(100)28(11-85)120-69)55(110)47(102)33(124-73)16-114-66-36(76-19(2)91)48(103)42(97)25(8-82)117-66/h25-74,82-89,97-113H,8-17H2,1-7H3,(H,75,90)(H,76,91)(H,77,92)(H,78,93)(H,79,94)(H,80,95)(H,81,96)/t25-,26-,27-,28-,29-,30-,31-,32-,33-,34-,35-,36-,37-,38-,39-,40-,41-,42-,43-,44-,45-,46-,47-,48-,49-,50-,51-,52-,53-,54-,55+,56+,57+,58-,59-,60-,61-,62-,63+,64+,65?,66-,67+,68+,69+,70-,71+,72+,73+,74-/m1/s1. The van der Waals surface area contributed by atoms with Crippen molar-refractivity contribution in [1.82, 2.24) is 37.2 Å². The summed E-state index contributed by atoms with van der Waals surface area (Å²) in [6.07, 6.45) is -95.3. The molecule has 32 N–H and O–H groups in total. The quantitative estimate of drug-likeness (QED) is 0.0280. The molecule has 7 amide bonds. The molecule has 0 aromatic carbocycles. The Bertz CT molecular complexity index is 3700. The minimum Gasteiger partial charge on any atom is -0.394 e. The van der Waals surface area contributed by atoms with E-state index < -0.39 is 414 Å². The molecule has 10 rings (SSSR count). The Morgan fingerprint density at radius 1 is 0.197 bits per heavy atom.